The molecule has 0 aliphatic carbocycles. The van der Waals surface area contributed by atoms with E-state index in [4.69, 9.17) is 0 Å². The van der Waals surface area contributed by atoms with Gasteiger partial charge in [0.1, 0.15) is 5.82 Å². The highest BCUT2D eigenvalue weighted by Crippen LogP contribution is 2.21. The van der Waals surface area contributed by atoms with Crippen molar-refractivity contribution in [1.82, 2.24) is 5.32 Å². The first-order valence-corrected chi connectivity index (χ1v) is 5.91. The molecule has 0 spiro atoms. The topological polar surface area (TPSA) is 84.3 Å². The molecule has 0 radical (unpaired) electrons. The number of carbonyl (C=O) groups excluding carboxylic acids is 1. The SMILES string of the molecule is CCNCC(C)C(=O)Nc1cc([N+](=O)[O-])ccc1F. The summed E-state index contributed by atoms with van der Waals surface area (Å²) in [6.45, 7) is 4.78. The molecule has 104 valence electrons. The third-order valence-electron chi connectivity index (χ3n) is 2.57. The number of nitrogens with zero attached hydrogens (tertiary/aromatic N) is 1. The molecule has 1 amide bonds. The zero-order valence-corrected chi connectivity index (χ0v) is 10.8. The third-order valence-corrected chi connectivity index (χ3v) is 2.57. The molecule has 1 aromatic carbocycles. The highest BCUT2D eigenvalue weighted by molar-refractivity contribution is 5.92. The van der Waals surface area contributed by atoms with Crippen molar-refractivity contribution < 1.29 is 14.1 Å². The Balaban J connectivity index is 2.78. The van der Waals surface area contributed by atoms with Crippen molar-refractivity contribution in [2.45, 2.75) is 13.8 Å². The van der Waals surface area contributed by atoms with Crippen molar-refractivity contribution in [2.24, 2.45) is 5.92 Å². The number of nitro benzene ring substituents is 1. The lowest BCUT2D eigenvalue weighted by Crippen LogP contribution is -2.30. The Morgan fingerprint density at radius 1 is 1.53 bits per heavy atom. The number of carbonyl (C=O) groups is 1. The van der Waals surface area contributed by atoms with E-state index >= 15 is 0 Å². The van der Waals surface area contributed by atoms with Crippen LogP contribution in [0.15, 0.2) is 18.2 Å². The minimum Gasteiger partial charge on any atom is -0.323 e. The second-order valence-corrected chi connectivity index (χ2v) is 4.12. The summed E-state index contributed by atoms with van der Waals surface area (Å²) in [6, 6.07) is 3.02. The lowest BCUT2D eigenvalue weighted by molar-refractivity contribution is -0.384. The summed E-state index contributed by atoms with van der Waals surface area (Å²) in [4.78, 5) is 21.7. The Morgan fingerprint density at radius 2 is 2.21 bits per heavy atom. The van der Waals surface area contributed by atoms with Crippen LogP contribution in [0.2, 0.25) is 0 Å². The number of nitro groups is 1. The summed E-state index contributed by atoms with van der Waals surface area (Å²) in [5, 5.41) is 15.9. The first-order valence-electron chi connectivity index (χ1n) is 5.91. The predicted octanol–water partition coefficient (Wildman–Crippen LogP) is 1.92. The predicted molar refractivity (Wildman–Crippen MR) is 69.4 cm³/mol. The molecule has 0 saturated carbocycles. The maximum Gasteiger partial charge on any atom is 0.271 e. The molecule has 0 aliphatic rings. The largest absolute Gasteiger partial charge is 0.323 e. The van der Waals surface area contributed by atoms with E-state index in [1.165, 1.54) is 0 Å². The molecular formula is C12H16FN3O3. The van der Waals surface area contributed by atoms with E-state index in [2.05, 4.69) is 10.6 Å². The summed E-state index contributed by atoms with van der Waals surface area (Å²) < 4.78 is 13.5. The van der Waals surface area contributed by atoms with Crippen molar-refractivity contribution in [3.63, 3.8) is 0 Å². The molecule has 2 N–H and O–H groups in total. The fourth-order valence-corrected chi connectivity index (χ4v) is 1.43. The molecule has 1 rings (SSSR count). The molecule has 0 heterocycles. The summed E-state index contributed by atoms with van der Waals surface area (Å²) in [5.41, 5.74) is -0.446. The second-order valence-electron chi connectivity index (χ2n) is 4.12. The van der Waals surface area contributed by atoms with E-state index in [1.54, 1.807) is 6.92 Å². The number of non-ortho nitro benzene ring substituents is 1. The Hall–Kier alpha value is -2.02. The van der Waals surface area contributed by atoms with Gasteiger partial charge in [-0.2, -0.15) is 0 Å². The number of rotatable bonds is 6. The smallest absolute Gasteiger partial charge is 0.271 e. The standard InChI is InChI=1S/C12H16FN3O3/c1-3-14-7-8(2)12(17)15-11-6-9(16(18)19)4-5-10(11)13/h4-6,8,14H,3,7H2,1-2H3,(H,15,17). The van der Waals surface area contributed by atoms with Crippen molar-refractivity contribution in [2.75, 3.05) is 18.4 Å². The van der Waals surface area contributed by atoms with Gasteiger partial charge in [0.15, 0.2) is 0 Å². The van der Waals surface area contributed by atoms with E-state index < -0.39 is 10.7 Å². The number of hydrogen-bond acceptors (Lipinski definition) is 4. The normalized spacial score (nSPS) is 11.9. The number of anilines is 1. The molecule has 0 aliphatic heterocycles. The van der Waals surface area contributed by atoms with Crippen LogP contribution >= 0.6 is 0 Å². The van der Waals surface area contributed by atoms with Crippen molar-refractivity contribution in [1.29, 1.82) is 0 Å². The van der Waals surface area contributed by atoms with E-state index in [0.29, 0.717) is 6.54 Å². The molecule has 0 bridgehead atoms. The molecule has 1 aromatic rings. The molecule has 0 aromatic heterocycles. The average molecular weight is 269 g/mol. The van der Waals surface area contributed by atoms with E-state index in [0.717, 1.165) is 24.7 Å². The van der Waals surface area contributed by atoms with Crippen LogP contribution in [0.4, 0.5) is 15.8 Å². The average Bonchev–Trinajstić information content (AvgIpc) is 2.38. The van der Waals surface area contributed by atoms with E-state index in [-0.39, 0.29) is 23.2 Å². The van der Waals surface area contributed by atoms with Crippen LogP contribution < -0.4 is 10.6 Å². The maximum absolute atomic E-state index is 13.5. The zero-order valence-electron chi connectivity index (χ0n) is 10.8. The van der Waals surface area contributed by atoms with Gasteiger partial charge >= 0.3 is 0 Å². The third kappa shape index (κ3) is 4.29. The molecule has 6 nitrogen and oxygen atoms in total. The molecular weight excluding hydrogens is 253 g/mol. The monoisotopic (exact) mass is 269 g/mol. The Morgan fingerprint density at radius 3 is 2.79 bits per heavy atom. The van der Waals surface area contributed by atoms with E-state index in [9.17, 15) is 19.3 Å². The minimum absolute atomic E-state index is 0.178. The Kier molecular flexibility index (Phi) is 5.37. The molecule has 1 unspecified atom stereocenters. The minimum atomic E-state index is -0.699. The lowest BCUT2D eigenvalue weighted by atomic mass is 10.1. The maximum atomic E-state index is 13.5. The summed E-state index contributed by atoms with van der Waals surface area (Å²) in [7, 11) is 0. The van der Waals surface area contributed by atoms with Crippen LogP contribution in [0.5, 0.6) is 0 Å². The molecule has 0 fully saturated rings. The van der Waals surface area contributed by atoms with Crippen LogP contribution in [0.25, 0.3) is 0 Å². The van der Waals surface area contributed by atoms with Crippen LogP contribution in [-0.4, -0.2) is 23.9 Å². The van der Waals surface area contributed by atoms with Gasteiger partial charge in [0, 0.05) is 24.6 Å². The fourth-order valence-electron chi connectivity index (χ4n) is 1.43. The molecule has 19 heavy (non-hydrogen) atoms. The highest BCUT2D eigenvalue weighted by Gasteiger charge is 2.16. The van der Waals surface area contributed by atoms with Gasteiger partial charge in [0.2, 0.25) is 5.91 Å². The number of benzene rings is 1. The van der Waals surface area contributed by atoms with Gasteiger partial charge in [0.05, 0.1) is 10.6 Å². The van der Waals surface area contributed by atoms with Crippen molar-refractivity contribution >= 4 is 17.3 Å². The van der Waals surface area contributed by atoms with Crippen molar-refractivity contribution in [3.8, 4) is 0 Å². The van der Waals surface area contributed by atoms with Gasteiger partial charge in [-0.15, -0.1) is 0 Å². The summed E-state index contributed by atoms with van der Waals surface area (Å²) in [6.07, 6.45) is 0. The second kappa shape index (κ2) is 6.79. The Bertz CT molecular complexity index is 479. The van der Waals surface area contributed by atoms with Gasteiger partial charge < -0.3 is 10.6 Å². The van der Waals surface area contributed by atoms with Gasteiger partial charge in [-0.25, -0.2) is 4.39 Å². The van der Waals surface area contributed by atoms with E-state index in [1.807, 2.05) is 6.92 Å². The number of hydrogen-bond donors (Lipinski definition) is 2. The highest BCUT2D eigenvalue weighted by atomic mass is 19.1. The fraction of sp³-hybridized carbons (Fsp3) is 0.417. The van der Waals surface area contributed by atoms with Crippen LogP contribution in [-0.2, 0) is 4.79 Å². The van der Waals surface area contributed by atoms with Gasteiger partial charge in [-0.1, -0.05) is 13.8 Å². The number of halogens is 1. The van der Waals surface area contributed by atoms with Crippen LogP contribution in [0, 0.1) is 21.8 Å². The number of nitrogens with one attached hydrogen (secondary N) is 2. The lowest BCUT2D eigenvalue weighted by Gasteiger charge is -2.12. The van der Waals surface area contributed by atoms with Crippen LogP contribution in [0.1, 0.15) is 13.8 Å². The molecule has 7 heteroatoms. The quantitative estimate of drug-likeness (QED) is 0.610. The first-order chi connectivity index (χ1) is 8.95. The summed E-state index contributed by atoms with van der Waals surface area (Å²) >= 11 is 0. The van der Waals surface area contributed by atoms with Gasteiger partial charge in [0.25, 0.3) is 5.69 Å². The zero-order chi connectivity index (χ0) is 14.4. The molecule has 1 atom stereocenters. The Labute approximate surface area is 110 Å². The van der Waals surface area contributed by atoms with Crippen molar-refractivity contribution in [3.05, 3.63) is 34.1 Å². The van der Waals surface area contributed by atoms with Gasteiger partial charge in [-0.3, -0.25) is 14.9 Å². The summed E-state index contributed by atoms with van der Waals surface area (Å²) in [5.74, 6) is -1.45. The molecule has 0 saturated heterocycles. The first kappa shape index (κ1) is 15.0. The van der Waals surface area contributed by atoms with Gasteiger partial charge in [-0.05, 0) is 12.6 Å². The van der Waals surface area contributed by atoms with Crippen LogP contribution in [0.3, 0.4) is 0 Å². The number of amides is 1.